The van der Waals surface area contributed by atoms with E-state index < -0.39 is 15.6 Å². The quantitative estimate of drug-likeness (QED) is 0.736. The molecule has 0 radical (unpaired) electrons. The smallest absolute Gasteiger partial charge is 0.216 e. The largest absolute Gasteiger partial charge is 0.390 e. The minimum absolute atomic E-state index is 0.0195. The molecule has 1 fully saturated rings. The van der Waals surface area contributed by atoms with Crippen molar-refractivity contribution in [2.75, 3.05) is 32.6 Å². The summed E-state index contributed by atoms with van der Waals surface area (Å²) in [5, 5.41) is 9.69. The standard InChI is InChI=1S/C9H19NO4S/c1-9(11)3-5-10(6-4-9)15(12,13)8-7-14-2/h11H,3-8H2,1-2H3. The molecule has 0 unspecified atom stereocenters. The van der Waals surface area contributed by atoms with E-state index in [0.29, 0.717) is 25.9 Å². The van der Waals surface area contributed by atoms with Gasteiger partial charge in [0.1, 0.15) is 0 Å². The lowest BCUT2D eigenvalue weighted by atomic mass is 9.95. The summed E-state index contributed by atoms with van der Waals surface area (Å²) in [5.74, 6) is 0.0195. The minimum atomic E-state index is -3.20. The Morgan fingerprint density at radius 1 is 1.40 bits per heavy atom. The fraction of sp³-hybridized carbons (Fsp3) is 1.00. The summed E-state index contributed by atoms with van der Waals surface area (Å²) in [6.45, 7) is 2.76. The number of aliphatic hydroxyl groups is 1. The van der Waals surface area contributed by atoms with Crippen molar-refractivity contribution in [2.24, 2.45) is 0 Å². The molecule has 0 aliphatic carbocycles. The SMILES string of the molecule is COCCS(=O)(=O)N1CCC(C)(O)CC1. The van der Waals surface area contributed by atoms with E-state index in [2.05, 4.69) is 0 Å². The molecule has 6 heteroatoms. The van der Waals surface area contributed by atoms with Gasteiger partial charge in [0.15, 0.2) is 0 Å². The van der Waals surface area contributed by atoms with Gasteiger partial charge in [0.25, 0.3) is 0 Å². The second-order valence-electron chi connectivity index (χ2n) is 4.20. The van der Waals surface area contributed by atoms with Gasteiger partial charge in [-0.15, -0.1) is 0 Å². The van der Waals surface area contributed by atoms with Crippen LogP contribution in [-0.4, -0.2) is 56.0 Å². The Kier molecular flexibility index (Phi) is 4.11. The fourth-order valence-corrected chi connectivity index (χ4v) is 2.94. The van der Waals surface area contributed by atoms with Gasteiger partial charge in [-0.1, -0.05) is 0 Å². The molecule has 0 atom stereocenters. The number of nitrogens with zero attached hydrogens (tertiary/aromatic N) is 1. The highest BCUT2D eigenvalue weighted by atomic mass is 32.2. The van der Waals surface area contributed by atoms with Gasteiger partial charge in [-0.05, 0) is 19.8 Å². The molecule has 0 aromatic rings. The first-order valence-electron chi connectivity index (χ1n) is 5.06. The van der Waals surface area contributed by atoms with Crippen LogP contribution in [0.25, 0.3) is 0 Å². The van der Waals surface area contributed by atoms with Crippen LogP contribution >= 0.6 is 0 Å². The van der Waals surface area contributed by atoms with Crippen LogP contribution in [0.5, 0.6) is 0 Å². The maximum absolute atomic E-state index is 11.7. The number of rotatable bonds is 4. The molecule has 15 heavy (non-hydrogen) atoms. The summed E-state index contributed by atoms with van der Waals surface area (Å²) in [4.78, 5) is 0. The summed E-state index contributed by atoms with van der Waals surface area (Å²) in [6, 6.07) is 0. The fourth-order valence-electron chi connectivity index (χ4n) is 1.56. The van der Waals surface area contributed by atoms with E-state index in [1.807, 2.05) is 0 Å². The van der Waals surface area contributed by atoms with Crippen molar-refractivity contribution in [3.05, 3.63) is 0 Å². The van der Waals surface area contributed by atoms with Gasteiger partial charge in [0.2, 0.25) is 10.0 Å². The first kappa shape index (κ1) is 12.9. The summed E-state index contributed by atoms with van der Waals surface area (Å²) in [7, 11) is -1.72. The lowest BCUT2D eigenvalue weighted by Crippen LogP contribution is -2.46. The van der Waals surface area contributed by atoms with E-state index in [4.69, 9.17) is 4.74 Å². The molecule has 1 saturated heterocycles. The topological polar surface area (TPSA) is 66.8 Å². The summed E-state index contributed by atoms with van der Waals surface area (Å²) in [5.41, 5.74) is -0.715. The Balaban J connectivity index is 2.52. The van der Waals surface area contributed by atoms with E-state index in [1.165, 1.54) is 11.4 Å². The second-order valence-corrected chi connectivity index (χ2v) is 6.29. The normalized spacial score (nSPS) is 22.9. The van der Waals surface area contributed by atoms with Crippen molar-refractivity contribution in [3.63, 3.8) is 0 Å². The molecule has 1 aliphatic rings. The van der Waals surface area contributed by atoms with Gasteiger partial charge >= 0.3 is 0 Å². The molecule has 1 heterocycles. The van der Waals surface area contributed by atoms with Crippen molar-refractivity contribution in [2.45, 2.75) is 25.4 Å². The van der Waals surface area contributed by atoms with Crippen LogP contribution in [0.3, 0.4) is 0 Å². The molecule has 1 rings (SSSR count). The first-order chi connectivity index (χ1) is 6.87. The maximum Gasteiger partial charge on any atom is 0.216 e. The predicted octanol–water partition coefficient (Wildman–Crippen LogP) is -0.191. The third kappa shape index (κ3) is 3.71. The Labute approximate surface area is 91.1 Å². The highest BCUT2D eigenvalue weighted by Crippen LogP contribution is 2.22. The van der Waals surface area contributed by atoms with Crippen molar-refractivity contribution in [1.29, 1.82) is 0 Å². The highest BCUT2D eigenvalue weighted by molar-refractivity contribution is 7.89. The van der Waals surface area contributed by atoms with Crippen LogP contribution in [0.15, 0.2) is 0 Å². The molecule has 1 N–H and O–H groups in total. The number of ether oxygens (including phenoxy) is 1. The molecule has 5 nitrogen and oxygen atoms in total. The molecule has 0 saturated carbocycles. The molecule has 0 aromatic carbocycles. The van der Waals surface area contributed by atoms with E-state index in [-0.39, 0.29) is 12.4 Å². The molecule has 0 aromatic heterocycles. The lowest BCUT2D eigenvalue weighted by Gasteiger charge is -2.34. The van der Waals surface area contributed by atoms with E-state index >= 15 is 0 Å². The van der Waals surface area contributed by atoms with E-state index in [0.717, 1.165) is 0 Å². The Hall–Kier alpha value is -0.170. The number of piperidine rings is 1. The predicted molar refractivity (Wildman–Crippen MR) is 57.1 cm³/mol. The van der Waals surface area contributed by atoms with Gasteiger partial charge < -0.3 is 9.84 Å². The molecule has 0 amide bonds. The van der Waals surface area contributed by atoms with E-state index in [1.54, 1.807) is 6.92 Å². The monoisotopic (exact) mass is 237 g/mol. The zero-order valence-electron chi connectivity index (χ0n) is 9.27. The van der Waals surface area contributed by atoms with Crippen molar-refractivity contribution >= 4 is 10.0 Å². The number of hydrogen-bond acceptors (Lipinski definition) is 4. The van der Waals surface area contributed by atoms with Gasteiger partial charge in [-0.3, -0.25) is 0 Å². The molecule has 0 spiro atoms. The Bertz CT molecular complexity index is 289. The van der Waals surface area contributed by atoms with Crippen LogP contribution in [-0.2, 0) is 14.8 Å². The third-order valence-corrected chi connectivity index (χ3v) is 4.57. The van der Waals surface area contributed by atoms with Crippen LogP contribution in [0.4, 0.5) is 0 Å². The zero-order valence-corrected chi connectivity index (χ0v) is 10.1. The Morgan fingerprint density at radius 2 is 1.93 bits per heavy atom. The molecular formula is C9H19NO4S. The van der Waals surface area contributed by atoms with Gasteiger partial charge in [0.05, 0.1) is 18.0 Å². The van der Waals surface area contributed by atoms with Crippen molar-refractivity contribution < 1.29 is 18.3 Å². The average Bonchev–Trinajstić information content (AvgIpc) is 2.14. The summed E-state index contributed by atoms with van der Waals surface area (Å²) in [6.07, 6.45) is 0.998. The van der Waals surface area contributed by atoms with Crippen molar-refractivity contribution in [3.8, 4) is 0 Å². The Morgan fingerprint density at radius 3 is 2.40 bits per heavy atom. The lowest BCUT2D eigenvalue weighted by molar-refractivity contribution is 0.0125. The molecule has 0 bridgehead atoms. The maximum atomic E-state index is 11.7. The highest BCUT2D eigenvalue weighted by Gasteiger charge is 2.32. The minimum Gasteiger partial charge on any atom is -0.390 e. The van der Waals surface area contributed by atoms with Gasteiger partial charge in [-0.25, -0.2) is 12.7 Å². The van der Waals surface area contributed by atoms with Crippen LogP contribution < -0.4 is 0 Å². The average molecular weight is 237 g/mol. The molecular weight excluding hydrogens is 218 g/mol. The summed E-state index contributed by atoms with van der Waals surface area (Å²) >= 11 is 0. The molecule has 90 valence electrons. The van der Waals surface area contributed by atoms with Crippen LogP contribution in [0, 0.1) is 0 Å². The first-order valence-corrected chi connectivity index (χ1v) is 6.67. The second kappa shape index (κ2) is 4.78. The number of sulfonamides is 1. The summed E-state index contributed by atoms with van der Waals surface area (Å²) < 4.78 is 29.6. The number of methoxy groups -OCH3 is 1. The van der Waals surface area contributed by atoms with Gasteiger partial charge in [-0.2, -0.15) is 0 Å². The number of hydrogen-bond donors (Lipinski definition) is 1. The van der Waals surface area contributed by atoms with E-state index in [9.17, 15) is 13.5 Å². The van der Waals surface area contributed by atoms with Crippen molar-refractivity contribution in [1.82, 2.24) is 4.31 Å². The molecule has 1 aliphatic heterocycles. The zero-order chi connectivity index (χ0) is 11.5. The van der Waals surface area contributed by atoms with Crippen LogP contribution in [0.2, 0.25) is 0 Å². The third-order valence-electron chi connectivity index (χ3n) is 2.74. The van der Waals surface area contributed by atoms with Crippen LogP contribution in [0.1, 0.15) is 19.8 Å². The van der Waals surface area contributed by atoms with Gasteiger partial charge in [0, 0.05) is 20.2 Å².